The molecule has 1 aliphatic rings. The normalized spacial score (nSPS) is 25.2. The average Bonchev–Trinajstić information content (AvgIpc) is 1.89. The van der Waals surface area contributed by atoms with Crippen LogP contribution in [0.3, 0.4) is 0 Å². The fourth-order valence-corrected chi connectivity index (χ4v) is 4.26. The van der Waals surface area contributed by atoms with Crippen LogP contribution in [0.15, 0.2) is 0 Å². The number of halogens is 2. The zero-order chi connectivity index (χ0) is 7.61. The number of hydrogen-bond acceptors (Lipinski definition) is 0. The van der Waals surface area contributed by atoms with Crippen molar-refractivity contribution in [1.82, 2.24) is 0 Å². The van der Waals surface area contributed by atoms with Crippen molar-refractivity contribution in [3.05, 3.63) is 0 Å². The summed E-state index contributed by atoms with van der Waals surface area (Å²) in [6.45, 7) is 2.39. The van der Waals surface area contributed by atoms with Gasteiger partial charge in [-0.2, -0.15) is 0 Å². The molecule has 0 nitrogen and oxygen atoms in total. The molecule has 1 aliphatic carbocycles. The minimum atomic E-state index is -0.0757. The van der Waals surface area contributed by atoms with Gasteiger partial charge in [0.15, 0.2) is 0 Å². The van der Waals surface area contributed by atoms with Crippen LogP contribution in [0.5, 0.6) is 0 Å². The highest BCUT2D eigenvalue weighted by atomic mass is 79.9. The summed E-state index contributed by atoms with van der Waals surface area (Å²) in [5, 5.41) is 0.501. The van der Waals surface area contributed by atoms with Crippen molar-refractivity contribution in [2.75, 3.05) is 0 Å². The molecule has 0 aromatic rings. The molecule has 0 aromatic carbocycles. The molecule has 0 bridgehead atoms. The van der Waals surface area contributed by atoms with E-state index >= 15 is 0 Å². The van der Waals surface area contributed by atoms with E-state index in [4.69, 9.17) is 0 Å². The molecule has 0 unspecified atom stereocenters. The van der Waals surface area contributed by atoms with Gasteiger partial charge in [0.25, 0.3) is 0 Å². The molecule has 0 spiro atoms. The van der Waals surface area contributed by atoms with E-state index in [1.807, 2.05) is 0 Å². The molecule has 0 N–H and O–H groups in total. The molecular weight excluding hydrogens is 275 g/mol. The van der Waals surface area contributed by atoms with Crippen molar-refractivity contribution in [2.45, 2.75) is 44.2 Å². The lowest BCUT2D eigenvalue weighted by Crippen LogP contribution is -2.22. The van der Waals surface area contributed by atoms with Crippen LogP contribution in [0.25, 0.3) is 0 Å². The topological polar surface area (TPSA) is 0 Å². The molecule has 1 rings (SSSR count). The smallest absolute Gasteiger partial charge is 0.0406 e. The first-order chi connectivity index (χ1) is 4.65. The van der Waals surface area contributed by atoms with Gasteiger partial charge >= 0.3 is 0 Å². The van der Waals surface area contributed by atoms with Crippen LogP contribution < -0.4 is 0 Å². The number of rotatable bonds is 1. The molecule has 0 aliphatic heterocycles. The molecule has 0 saturated heterocycles. The summed E-state index contributed by atoms with van der Waals surface area (Å²) in [6.07, 6.45) is 7.09. The van der Waals surface area contributed by atoms with Crippen molar-refractivity contribution in [3.63, 3.8) is 0 Å². The predicted octanol–water partition coefficient (Wildman–Crippen LogP) is 4.81. The van der Waals surface area contributed by atoms with E-state index < -0.39 is 0 Å². The minimum Gasteiger partial charge on any atom is -0.0541 e. The van der Waals surface area contributed by atoms with Gasteiger partial charge in [0.2, 0.25) is 0 Å². The van der Waals surface area contributed by atoms with Crippen LogP contribution in [0.4, 0.5) is 0 Å². The second-order valence-corrected chi connectivity index (χ2v) is 11.9. The lowest BCUT2D eigenvalue weighted by Gasteiger charge is -2.34. The molecule has 1 fully saturated rings. The van der Waals surface area contributed by atoms with E-state index in [0.717, 1.165) is 0 Å². The van der Waals surface area contributed by atoms with Gasteiger partial charge in [-0.05, 0) is 43.8 Å². The Balaban J connectivity index is 2.48. The Hall–Kier alpha value is 1.39. The van der Waals surface area contributed by atoms with E-state index in [2.05, 4.69) is 37.9 Å². The van der Waals surface area contributed by atoms with E-state index in [1.54, 1.807) is 0 Å². The molecule has 0 amide bonds. The van der Waals surface area contributed by atoms with Crippen molar-refractivity contribution in [1.29, 1.82) is 0 Å². The summed E-state index contributed by atoms with van der Waals surface area (Å²) < 4.78 is 0. The third-order valence-electron chi connectivity index (χ3n) is 2.34. The maximum Gasteiger partial charge on any atom is 0.0406 e. The molecule has 0 radical (unpaired) electrons. The largest absolute Gasteiger partial charge is 0.0541 e. The van der Waals surface area contributed by atoms with Crippen LogP contribution in [-0.4, -0.2) is 5.16 Å². The average molecular weight is 288 g/mol. The maximum absolute atomic E-state index is 3.67. The molecule has 0 aromatic heterocycles. The molecule has 0 heterocycles. The third kappa shape index (κ3) is 2.19. The van der Waals surface area contributed by atoms with Gasteiger partial charge in [-0.3, -0.25) is 0 Å². The SMILES string of the molecule is CC1(P(Br)Br)CCCCC1. The molecule has 0 atom stereocenters. The molecule has 60 valence electrons. The zero-order valence-electron chi connectivity index (χ0n) is 6.24. The summed E-state index contributed by atoms with van der Waals surface area (Å²) >= 11 is 7.35. The fourth-order valence-electron chi connectivity index (χ4n) is 1.48. The van der Waals surface area contributed by atoms with Gasteiger partial charge < -0.3 is 0 Å². The number of hydrogen-bond donors (Lipinski definition) is 0. The first-order valence-corrected chi connectivity index (χ1v) is 9.15. The van der Waals surface area contributed by atoms with Gasteiger partial charge in [-0.1, -0.05) is 26.2 Å². The monoisotopic (exact) mass is 286 g/mol. The molecule has 3 heteroatoms. The highest BCUT2D eigenvalue weighted by molar-refractivity contribution is 9.69. The quantitative estimate of drug-likeness (QED) is 0.607. The van der Waals surface area contributed by atoms with E-state index in [0.29, 0.717) is 5.16 Å². The lowest BCUT2D eigenvalue weighted by atomic mass is 9.90. The maximum atomic E-state index is 3.67. The summed E-state index contributed by atoms with van der Waals surface area (Å²) in [7, 11) is 0. The van der Waals surface area contributed by atoms with Crippen LogP contribution in [0, 0.1) is 0 Å². The summed E-state index contributed by atoms with van der Waals surface area (Å²) in [6, 6.07) is 0. The minimum absolute atomic E-state index is 0.0757. The highest BCUT2D eigenvalue weighted by Gasteiger charge is 2.32. The molecule has 10 heavy (non-hydrogen) atoms. The van der Waals surface area contributed by atoms with E-state index in [9.17, 15) is 0 Å². The Morgan fingerprint density at radius 1 is 1.10 bits per heavy atom. The Morgan fingerprint density at radius 2 is 1.60 bits per heavy atom. The van der Waals surface area contributed by atoms with Crippen LogP contribution in [0.1, 0.15) is 39.0 Å². The Kier molecular flexibility index (Phi) is 3.67. The zero-order valence-corrected chi connectivity index (χ0v) is 10.3. The second kappa shape index (κ2) is 3.87. The van der Waals surface area contributed by atoms with E-state index in [-0.39, 0.29) is 5.33 Å². The van der Waals surface area contributed by atoms with Crippen LogP contribution in [-0.2, 0) is 0 Å². The van der Waals surface area contributed by atoms with E-state index in [1.165, 1.54) is 32.1 Å². The second-order valence-electron chi connectivity index (χ2n) is 3.29. The molecular formula is C7H13Br2P. The van der Waals surface area contributed by atoms with Gasteiger partial charge in [0, 0.05) is 10.5 Å². The Bertz CT molecular complexity index is 108. The van der Waals surface area contributed by atoms with Crippen LogP contribution in [0.2, 0.25) is 0 Å². The van der Waals surface area contributed by atoms with Gasteiger partial charge in [0.05, 0.1) is 0 Å². The van der Waals surface area contributed by atoms with Gasteiger partial charge in [0.1, 0.15) is 0 Å². The molecule has 1 saturated carbocycles. The highest BCUT2D eigenvalue weighted by Crippen LogP contribution is 2.66. The predicted molar refractivity (Wildman–Crippen MR) is 56.3 cm³/mol. The summed E-state index contributed by atoms with van der Waals surface area (Å²) in [5.41, 5.74) is 0. The lowest BCUT2D eigenvalue weighted by molar-refractivity contribution is 0.420. The standard InChI is InChI=1S/C7H13Br2P/c1-7(10(8)9)5-3-2-4-6-7/h2-6H2,1H3. The van der Waals surface area contributed by atoms with Crippen molar-refractivity contribution >= 4 is 36.3 Å². The summed E-state index contributed by atoms with van der Waals surface area (Å²) in [5.74, 6) is 0. The van der Waals surface area contributed by atoms with Crippen molar-refractivity contribution < 1.29 is 0 Å². The van der Waals surface area contributed by atoms with Gasteiger partial charge in [-0.25, -0.2) is 0 Å². The first kappa shape index (κ1) is 9.48. The Labute approximate surface area is 80.4 Å². The fraction of sp³-hybridized carbons (Fsp3) is 1.00. The summed E-state index contributed by atoms with van der Waals surface area (Å²) in [4.78, 5) is 0. The first-order valence-electron chi connectivity index (χ1n) is 3.77. The third-order valence-corrected chi connectivity index (χ3v) is 8.74. The van der Waals surface area contributed by atoms with Gasteiger partial charge in [-0.15, -0.1) is 0 Å². The Morgan fingerprint density at radius 3 is 1.90 bits per heavy atom. The van der Waals surface area contributed by atoms with Crippen LogP contribution >= 0.6 is 36.3 Å². The van der Waals surface area contributed by atoms with Crippen molar-refractivity contribution in [3.8, 4) is 0 Å². The van der Waals surface area contributed by atoms with Crippen molar-refractivity contribution in [2.24, 2.45) is 0 Å².